The van der Waals surface area contributed by atoms with Crippen molar-refractivity contribution in [3.63, 3.8) is 0 Å². The van der Waals surface area contributed by atoms with Crippen molar-refractivity contribution in [3.8, 4) is 0 Å². The molecule has 2 atom stereocenters. The number of hydrogen-bond acceptors (Lipinski definition) is 2. The number of carbonyl (C=O) groups is 1. The highest BCUT2D eigenvalue weighted by Crippen LogP contribution is 2.69. The van der Waals surface area contributed by atoms with Gasteiger partial charge in [-0.05, 0) is 41.0 Å². The SMILES string of the molecule is CC(C)N(C(=O)[C@@]1(C)C[C@@H]1P(=O)(c1ccccc1)c1ccccc1)C(C)C. The summed E-state index contributed by atoms with van der Waals surface area (Å²) in [4.78, 5) is 15.4. The van der Waals surface area contributed by atoms with Crippen molar-refractivity contribution in [1.29, 1.82) is 0 Å². The zero-order valence-electron chi connectivity index (χ0n) is 16.9. The Morgan fingerprint density at radius 2 is 1.33 bits per heavy atom. The summed E-state index contributed by atoms with van der Waals surface area (Å²) < 4.78 is 14.5. The average Bonchev–Trinajstić information content (AvgIpc) is 3.36. The van der Waals surface area contributed by atoms with Crippen LogP contribution in [0.1, 0.15) is 41.0 Å². The van der Waals surface area contributed by atoms with E-state index in [9.17, 15) is 9.36 Å². The van der Waals surface area contributed by atoms with E-state index >= 15 is 0 Å². The molecule has 0 unspecified atom stereocenters. The van der Waals surface area contributed by atoms with E-state index in [0.29, 0.717) is 6.42 Å². The summed E-state index contributed by atoms with van der Waals surface area (Å²) in [6.07, 6.45) is 0.669. The molecule has 4 heteroatoms. The standard InChI is InChI=1S/C23H30NO2P/c1-17(2)24(18(3)4)22(25)23(5)16-21(23)27(26,19-12-8-6-9-13-19)20-14-10-7-11-15-20/h6-15,17-18,21H,16H2,1-5H3/t21-,23-/m0/s1. The minimum Gasteiger partial charge on any atom is -0.337 e. The van der Waals surface area contributed by atoms with Gasteiger partial charge in [-0.2, -0.15) is 0 Å². The molecule has 1 saturated carbocycles. The van der Waals surface area contributed by atoms with Gasteiger partial charge in [0.2, 0.25) is 5.91 Å². The highest BCUT2D eigenvalue weighted by atomic mass is 31.2. The van der Waals surface area contributed by atoms with Crippen LogP contribution in [-0.2, 0) is 9.36 Å². The van der Waals surface area contributed by atoms with Crippen LogP contribution in [0.15, 0.2) is 60.7 Å². The van der Waals surface area contributed by atoms with Crippen LogP contribution in [-0.4, -0.2) is 28.5 Å². The lowest BCUT2D eigenvalue weighted by Crippen LogP contribution is -2.46. The van der Waals surface area contributed by atoms with Crippen LogP contribution in [0.2, 0.25) is 0 Å². The molecule has 2 aromatic rings. The van der Waals surface area contributed by atoms with Crippen molar-refractivity contribution in [2.75, 3.05) is 0 Å². The van der Waals surface area contributed by atoms with E-state index in [0.717, 1.165) is 10.6 Å². The predicted octanol–water partition coefficient (Wildman–Crippen LogP) is 4.42. The minimum absolute atomic E-state index is 0.128. The molecule has 0 heterocycles. The van der Waals surface area contributed by atoms with Crippen LogP contribution in [0.3, 0.4) is 0 Å². The highest BCUT2D eigenvalue weighted by Gasteiger charge is 2.65. The summed E-state index contributed by atoms with van der Waals surface area (Å²) in [5.41, 5.74) is -0.724. The van der Waals surface area contributed by atoms with Crippen LogP contribution >= 0.6 is 7.14 Å². The molecule has 0 N–H and O–H groups in total. The lowest BCUT2D eigenvalue weighted by Gasteiger charge is -2.34. The maximum Gasteiger partial charge on any atom is 0.229 e. The third kappa shape index (κ3) is 3.38. The quantitative estimate of drug-likeness (QED) is 0.693. The lowest BCUT2D eigenvalue weighted by molar-refractivity contribution is -0.140. The van der Waals surface area contributed by atoms with Gasteiger partial charge in [-0.15, -0.1) is 0 Å². The van der Waals surface area contributed by atoms with E-state index in [1.165, 1.54) is 0 Å². The van der Waals surface area contributed by atoms with Gasteiger partial charge in [0.1, 0.15) is 7.14 Å². The van der Waals surface area contributed by atoms with Crippen LogP contribution in [0.4, 0.5) is 0 Å². The van der Waals surface area contributed by atoms with E-state index in [1.54, 1.807) is 0 Å². The van der Waals surface area contributed by atoms with Gasteiger partial charge in [0.15, 0.2) is 0 Å². The minimum atomic E-state index is -2.91. The molecule has 1 aliphatic rings. The predicted molar refractivity (Wildman–Crippen MR) is 113 cm³/mol. The third-order valence-corrected chi connectivity index (χ3v) is 9.51. The molecular weight excluding hydrogens is 353 g/mol. The van der Waals surface area contributed by atoms with E-state index in [-0.39, 0.29) is 23.6 Å². The molecule has 1 amide bonds. The molecule has 3 nitrogen and oxygen atoms in total. The molecule has 0 bridgehead atoms. The topological polar surface area (TPSA) is 37.4 Å². The van der Waals surface area contributed by atoms with E-state index in [1.807, 2.05) is 100 Å². The molecule has 1 fully saturated rings. The Kier molecular flexibility index (Phi) is 5.36. The summed E-state index contributed by atoms with van der Waals surface area (Å²) in [6, 6.07) is 19.6. The fourth-order valence-corrected chi connectivity index (χ4v) is 8.07. The van der Waals surface area contributed by atoms with E-state index in [2.05, 4.69) is 0 Å². The molecule has 0 aliphatic heterocycles. The first-order valence-corrected chi connectivity index (χ1v) is 11.5. The number of benzene rings is 2. The number of hydrogen-bond donors (Lipinski definition) is 0. The Hall–Kier alpha value is -1.86. The molecule has 27 heavy (non-hydrogen) atoms. The summed E-state index contributed by atoms with van der Waals surface area (Å²) >= 11 is 0. The molecule has 0 spiro atoms. The lowest BCUT2D eigenvalue weighted by atomic mass is 10.1. The van der Waals surface area contributed by atoms with Crippen molar-refractivity contribution >= 4 is 23.7 Å². The second kappa shape index (κ2) is 7.28. The van der Waals surface area contributed by atoms with Crippen molar-refractivity contribution in [3.05, 3.63) is 60.7 Å². The second-order valence-electron chi connectivity index (χ2n) is 8.37. The highest BCUT2D eigenvalue weighted by molar-refractivity contribution is 7.79. The van der Waals surface area contributed by atoms with Crippen LogP contribution in [0.25, 0.3) is 0 Å². The first kappa shape index (κ1) is 19.9. The third-order valence-electron chi connectivity index (χ3n) is 5.75. The maximum atomic E-state index is 14.5. The monoisotopic (exact) mass is 383 g/mol. The first-order valence-electron chi connectivity index (χ1n) is 9.76. The molecule has 144 valence electrons. The van der Waals surface area contributed by atoms with Gasteiger partial charge in [0.05, 0.1) is 5.41 Å². The average molecular weight is 383 g/mol. The van der Waals surface area contributed by atoms with Gasteiger partial charge in [-0.3, -0.25) is 4.79 Å². The fourth-order valence-electron chi connectivity index (χ4n) is 4.27. The summed E-state index contributed by atoms with van der Waals surface area (Å²) in [5.74, 6) is 0.129. The van der Waals surface area contributed by atoms with Crippen molar-refractivity contribution in [1.82, 2.24) is 4.90 Å². The Morgan fingerprint density at radius 1 is 0.926 bits per heavy atom. The van der Waals surface area contributed by atoms with Crippen molar-refractivity contribution < 1.29 is 9.36 Å². The number of amides is 1. The molecule has 0 aromatic heterocycles. The van der Waals surface area contributed by atoms with Gasteiger partial charge >= 0.3 is 0 Å². The van der Waals surface area contributed by atoms with Gasteiger partial charge in [-0.1, -0.05) is 60.7 Å². The largest absolute Gasteiger partial charge is 0.337 e. The zero-order valence-corrected chi connectivity index (χ0v) is 17.8. The van der Waals surface area contributed by atoms with Crippen LogP contribution < -0.4 is 10.6 Å². The molecular formula is C23H30NO2P. The molecule has 2 aromatic carbocycles. The Bertz CT molecular complexity index is 796. The number of nitrogens with zero attached hydrogens (tertiary/aromatic N) is 1. The van der Waals surface area contributed by atoms with E-state index < -0.39 is 12.6 Å². The van der Waals surface area contributed by atoms with E-state index in [4.69, 9.17) is 0 Å². The molecule has 0 saturated heterocycles. The smallest absolute Gasteiger partial charge is 0.229 e. The Morgan fingerprint density at radius 3 is 1.70 bits per heavy atom. The van der Waals surface area contributed by atoms with Crippen LogP contribution in [0, 0.1) is 5.41 Å². The molecule has 0 radical (unpaired) electrons. The van der Waals surface area contributed by atoms with Crippen molar-refractivity contribution in [2.24, 2.45) is 5.41 Å². The zero-order chi connectivity index (χ0) is 19.8. The number of carbonyl (C=O) groups excluding carboxylic acids is 1. The van der Waals surface area contributed by atoms with Crippen molar-refractivity contribution in [2.45, 2.75) is 58.8 Å². The van der Waals surface area contributed by atoms with Crippen LogP contribution in [0.5, 0.6) is 0 Å². The van der Waals surface area contributed by atoms with Gasteiger partial charge < -0.3 is 9.46 Å². The maximum absolute atomic E-state index is 14.5. The normalized spacial score (nSPS) is 22.1. The Labute approximate surface area is 163 Å². The van der Waals surface area contributed by atoms with Gasteiger partial charge in [-0.25, -0.2) is 0 Å². The van der Waals surface area contributed by atoms with Gasteiger partial charge in [0, 0.05) is 28.4 Å². The second-order valence-corrected chi connectivity index (χ2v) is 11.3. The first-order chi connectivity index (χ1) is 12.7. The molecule has 1 aliphatic carbocycles. The number of rotatable bonds is 6. The Balaban J connectivity index is 2.04. The summed E-state index contributed by atoms with van der Waals surface area (Å²) in [7, 11) is -2.91. The summed E-state index contributed by atoms with van der Waals surface area (Å²) in [5, 5.41) is 1.69. The summed E-state index contributed by atoms with van der Waals surface area (Å²) in [6.45, 7) is 10.2. The molecule has 3 rings (SSSR count). The fraction of sp³-hybridized carbons (Fsp3) is 0.435. The van der Waals surface area contributed by atoms with Gasteiger partial charge in [0.25, 0.3) is 0 Å².